The van der Waals surface area contributed by atoms with Gasteiger partial charge in [0.1, 0.15) is 11.3 Å². The zero-order chi connectivity index (χ0) is 15.9. The van der Waals surface area contributed by atoms with E-state index in [1.165, 1.54) is 0 Å². The van der Waals surface area contributed by atoms with Crippen LogP contribution in [0.2, 0.25) is 5.02 Å². The summed E-state index contributed by atoms with van der Waals surface area (Å²) in [7, 11) is 0. The molecule has 23 heavy (non-hydrogen) atoms. The van der Waals surface area contributed by atoms with Crippen LogP contribution in [0.3, 0.4) is 0 Å². The number of benzene rings is 1. The van der Waals surface area contributed by atoms with E-state index < -0.39 is 5.60 Å². The molecular weight excluding hydrogens is 314 g/mol. The lowest BCUT2D eigenvalue weighted by atomic mass is 10.00. The molecular formula is C16H16ClN5O. The van der Waals surface area contributed by atoms with E-state index in [1.54, 1.807) is 12.4 Å². The van der Waals surface area contributed by atoms with Crippen LogP contribution in [-0.4, -0.2) is 43.5 Å². The van der Waals surface area contributed by atoms with E-state index in [4.69, 9.17) is 11.6 Å². The molecule has 0 amide bonds. The minimum Gasteiger partial charge on any atom is -0.382 e. The van der Waals surface area contributed by atoms with Gasteiger partial charge in [0.2, 0.25) is 0 Å². The number of aromatic amines is 1. The van der Waals surface area contributed by atoms with Crippen molar-refractivity contribution in [2.24, 2.45) is 0 Å². The lowest BCUT2D eigenvalue weighted by Crippen LogP contribution is -2.31. The predicted octanol–water partition coefficient (Wildman–Crippen LogP) is 2.10. The minimum absolute atomic E-state index is 0.524. The summed E-state index contributed by atoms with van der Waals surface area (Å²) in [5, 5.41) is 22.8. The number of H-pyrrole nitrogens is 1. The van der Waals surface area contributed by atoms with E-state index in [1.807, 2.05) is 24.3 Å². The fraction of sp³-hybridized carbons (Fsp3) is 0.312. The summed E-state index contributed by atoms with van der Waals surface area (Å²) in [4.78, 5) is 6.67. The SMILES string of the molecule is O[C@]1(c2cn[nH]n2)CCN(Cc2ccc(Cl)c3cccnc23)C1. The molecule has 1 atom stereocenters. The summed E-state index contributed by atoms with van der Waals surface area (Å²) in [6.07, 6.45) is 4.00. The number of fused-ring (bicyclic) bond motifs is 1. The molecule has 1 fully saturated rings. The predicted molar refractivity (Wildman–Crippen MR) is 86.9 cm³/mol. The molecule has 0 aliphatic carbocycles. The lowest BCUT2D eigenvalue weighted by molar-refractivity contribution is 0.0409. The Bertz CT molecular complexity index is 838. The smallest absolute Gasteiger partial charge is 0.124 e. The van der Waals surface area contributed by atoms with Crippen molar-refractivity contribution in [3.8, 4) is 0 Å². The van der Waals surface area contributed by atoms with Crippen molar-refractivity contribution in [1.29, 1.82) is 0 Å². The largest absolute Gasteiger partial charge is 0.382 e. The molecule has 3 heterocycles. The van der Waals surface area contributed by atoms with Gasteiger partial charge >= 0.3 is 0 Å². The molecule has 0 bridgehead atoms. The molecule has 1 aliphatic rings. The quantitative estimate of drug-likeness (QED) is 0.769. The van der Waals surface area contributed by atoms with E-state index >= 15 is 0 Å². The number of rotatable bonds is 3. The molecule has 0 radical (unpaired) electrons. The van der Waals surface area contributed by atoms with E-state index in [9.17, 15) is 5.11 Å². The van der Waals surface area contributed by atoms with Crippen LogP contribution in [0.15, 0.2) is 36.7 Å². The van der Waals surface area contributed by atoms with Crippen molar-refractivity contribution < 1.29 is 5.11 Å². The van der Waals surface area contributed by atoms with Gasteiger partial charge in [-0.05, 0) is 30.2 Å². The van der Waals surface area contributed by atoms with Gasteiger partial charge in [0.05, 0.1) is 11.7 Å². The van der Waals surface area contributed by atoms with Gasteiger partial charge in [-0.3, -0.25) is 9.88 Å². The first-order chi connectivity index (χ1) is 11.2. The molecule has 7 heteroatoms. The second kappa shape index (κ2) is 5.56. The van der Waals surface area contributed by atoms with E-state index in [0.29, 0.717) is 30.2 Å². The third kappa shape index (κ3) is 2.59. The van der Waals surface area contributed by atoms with Gasteiger partial charge in [-0.1, -0.05) is 17.7 Å². The number of halogens is 1. The van der Waals surface area contributed by atoms with Crippen LogP contribution in [-0.2, 0) is 12.1 Å². The summed E-state index contributed by atoms with van der Waals surface area (Å²) >= 11 is 6.25. The molecule has 4 rings (SSSR count). The van der Waals surface area contributed by atoms with Gasteiger partial charge in [-0.25, -0.2) is 0 Å². The average Bonchev–Trinajstić information content (AvgIpc) is 3.21. The molecule has 1 aliphatic heterocycles. The molecule has 0 saturated carbocycles. The molecule has 6 nitrogen and oxygen atoms in total. The number of nitrogens with one attached hydrogen (secondary N) is 1. The number of β-amino-alcohol motifs (C(OH)–C–C–N with tert-alkyl or cyclic N) is 1. The molecule has 1 saturated heterocycles. The highest BCUT2D eigenvalue weighted by atomic mass is 35.5. The second-order valence-electron chi connectivity index (χ2n) is 5.95. The van der Waals surface area contributed by atoms with Crippen molar-refractivity contribution >= 4 is 22.5 Å². The van der Waals surface area contributed by atoms with Crippen LogP contribution in [0.1, 0.15) is 17.7 Å². The van der Waals surface area contributed by atoms with Gasteiger partial charge in [0.15, 0.2) is 0 Å². The zero-order valence-electron chi connectivity index (χ0n) is 12.4. The molecule has 0 spiro atoms. The van der Waals surface area contributed by atoms with Crippen molar-refractivity contribution in [2.45, 2.75) is 18.6 Å². The monoisotopic (exact) mass is 329 g/mol. The third-order valence-corrected chi connectivity index (χ3v) is 4.74. The third-order valence-electron chi connectivity index (χ3n) is 4.41. The van der Waals surface area contributed by atoms with Gasteiger partial charge in [0.25, 0.3) is 0 Å². The molecule has 2 aromatic heterocycles. The zero-order valence-corrected chi connectivity index (χ0v) is 13.2. The van der Waals surface area contributed by atoms with Crippen LogP contribution in [0, 0.1) is 0 Å². The Hall–Kier alpha value is -2.02. The highest BCUT2D eigenvalue weighted by Crippen LogP contribution is 2.32. The standard InChI is InChI=1S/C16H16ClN5O/c17-13-4-3-11(15-12(13)2-1-6-18-15)9-22-7-5-16(23,10-22)14-8-19-21-20-14/h1-4,6,8,23H,5,7,9-10H2,(H,19,20,21)/t16-/m1/s1. The number of pyridine rings is 1. The highest BCUT2D eigenvalue weighted by Gasteiger charge is 2.39. The van der Waals surface area contributed by atoms with Crippen LogP contribution in [0.4, 0.5) is 0 Å². The van der Waals surface area contributed by atoms with Crippen LogP contribution in [0.5, 0.6) is 0 Å². The van der Waals surface area contributed by atoms with Gasteiger partial charge < -0.3 is 5.11 Å². The summed E-state index contributed by atoms with van der Waals surface area (Å²) < 4.78 is 0. The summed E-state index contributed by atoms with van der Waals surface area (Å²) in [5.74, 6) is 0. The van der Waals surface area contributed by atoms with Gasteiger partial charge in [-0.15, -0.1) is 0 Å². The molecule has 0 unspecified atom stereocenters. The molecule has 118 valence electrons. The maximum atomic E-state index is 10.8. The first-order valence-electron chi connectivity index (χ1n) is 7.49. The van der Waals surface area contributed by atoms with E-state index in [-0.39, 0.29) is 0 Å². The van der Waals surface area contributed by atoms with Crippen LogP contribution >= 0.6 is 11.6 Å². The van der Waals surface area contributed by atoms with Crippen molar-refractivity contribution in [3.63, 3.8) is 0 Å². The van der Waals surface area contributed by atoms with E-state index in [0.717, 1.165) is 23.0 Å². The first-order valence-corrected chi connectivity index (χ1v) is 7.87. The number of hydrogen-bond acceptors (Lipinski definition) is 5. The topological polar surface area (TPSA) is 77.9 Å². The second-order valence-corrected chi connectivity index (χ2v) is 6.36. The normalized spacial score (nSPS) is 22.0. The number of nitrogens with zero attached hydrogens (tertiary/aromatic N) is 4. The van der Waals surface area contributed by atoms with Crippen molar-refractivity contribution in [3.05, 3.63) is 52.9 Å². The Balaban J connectivity index is 1.59. The Kier molecular flexibility index (Phi) is 3.52. The number of hydrogen-bond donors (Lipinski definition) is 2. The Labute approximate surface area is 138 Å². The van der Waals surface area contributed by atoms with Crippen molar-refractivity contribution in [2.75, 3.05) is 13.1 Å². The minimum atomic E-state index is -0.942. The maximum absolute atomic E-state index is 10.8. The fourth-order valence-electron chi connectivity index (χ4n) is 3.21. The average molecular weight is 330 g/mol. The van der Waals surface area contributed by atoms with Crippen molar-refractivity contribution in [1.82, 2.24) is 25.3 Å². The molecule has 1 aromatic carbocycles. The number of aromatic nitrogens is 4. The van der Waals surface area contributed by atoms with E-state index in [2.05, 4.69) is 25.3 Å². The molecule has 2 N–H and O–H groups in total. The lowest BCUT2D eigenvalue weighted by Gasteiger charge is -2.21. The highest BCUT2D eigenvalue weighted by molar-refractivity contribution is 6.35. The van der Waals surface area contributed by atoms with Crippen LogP contribution in [0.25, 0.3) is 10.9 Å². The van der Waals surface area contributed by atoms with Gasteiger partial charge in [0, 0.05) is 36.2 Å². The maximum Gasteiger partial charge on any atom is 0.124 e. The molecule has 3 aromatic rings. The first kappa shape index (κ1) is 14.6. The summed E-state index contributed by atoms with van der Waals surface area (Å²) in [6, 6.07) is 7.77. The van der Waals surface area contributed by atoms with Crippen LogP contribution < -0.4 is 0 Å². The summed E-state index contributed by atoms with van der Waals surface area (Å²) in [5.41, 5.74) is 1.67. The Morgan fingerprint density at radius 3 is 3.09 bits per heavy atom. The number of aliphatic hydroxyl groups is 1. The number of likely N-dealkylation sites (tertiary alicyclic amines) is 1. The van der Waals surface area contributed by atoms with Gasteiger partial charge in [-0.2, -0.15) is 15.4 Å². The summed E-state index contributed by atoms with van der Waals surface area (Å²) in [6.45, 7) is 2.03. The Morgan fingerprint density at radius 1 is 1.35 bits per heavy atom. The Morgan fingerprint density at radius 2 is 2.26 bits per heavy atom. The fourth-order valence-corrected chi connectivity index (χ4v) is 3.42.